The van der Waals surface area contributed by atoms with E-state index < -0.39 is 5.82 Å². The molecule has 0 fully saturated rings. The molecule has 0 saturated heterocycles. The Kier molecular flexibility index (Phi) is 3.24. The Morgan fingerprint density at radius 1 is 1.05 bits per heavy atom. The minimum absolute atomic E-state index is 0.0426. The summed E-state index contributed by atoms with van der Waals surface area (Å²) >= 11 is 11.9. The zero-order valence-electron chi connectivity index (χ0n) is 10.1. The third-order valence-corrected chi connectivity index (χ3v) is 3.59. The fourth-order valence-electron chi connectivity index (χ4n) is 2.11. The summed E-state index contributed by atoms with van der Waals surface area (Å²) in [6.07, 6.45) is 1.50. The fraction of sp³-hybridized carbons (Fsp3) is 0. The second-order valence-electron chi connectivity index (χ2n) is 4.29. The highest BCUT2D eigenvalue weighted by Gasteiger charge is 2.12. The second-order valence-corrected chi connectivity index (χ2v) is 5.14. The molecule has 0 saturated carbocycles. The standard InChI is InChI=1S/C15H8Cl2FNO/c16-10-5-4-9-6-7-19(15(20)11(9)8-10)14-12(17)2-1-3-13(14)18/h1-8H. The van der Waals surface area contributed by atoms with Crippen molar-refractivity contribution < 1.29 is 4.39 Å². The maximum absolute atomic E-state index is 13.9. The number of pyridine rings is 1. The molecule has 0 bridgehead atoms. The fourth-order valence-corrected chi connectivity index (χ4v) is 2.53. The first-order chi connectivity index (χ1) is 9.58. The van der Waals surface area contributed by atoms with Crippen LogP contribution in [0.15, 0.2) is 53.5 Å². The van der Waals surface area contributed by atoms with E-state index in [0.29, 0.717) is 10.4 Å². The molecule has 2 aromatic carbocycles. The van der Waals surface area contributed by atoms with E-state index in [2.05, 4.69) is 0 Å². The van der Waals surface area contributed by atoms with Gasteiger partial charge in [0.05, 0.1) is 5.02 Å². The maximum atomic E-state index is 13.9. The summed E-state index contributed by atoms with van der Waals surface area (Å²) < 4.78 is 15.1. The van der Waals surface area contributed by atoms with Crippen LogP contribution in [0.1, 0.15) is 0 Å². The van der Waals surface area contributed by atoms with Gasteiger partial charge in [-0.05, 0) is 35.7 Å². The molecule has 0 aliphatic heterocycles. The van der Waals surface area contributed by atoms with Gasteiger partial charge in [-0.25, -0.2) is 4.39 Å². The second kappa shape index (κ2) is 4.93. The number of hydrogen-bond acceptors (Lipinski definition) is 1. The van der Waals surface area contributed by atoms with Crippen molar-refractivity contribution in [1.29, 1.82) is 0 Å². The molecular formula is C15H8Cl2FNO. The third-order valence-electron chi connectivity index (χ3n) is 3.05. The summed E-state index contributed by atoms with van der Waals surface area (Å²) in [4.78, 5) is 12.5. The van der Waals surface area contributed by atoms with Crippen molar-refractivity contribution in [3.8, 4) is 5.69 Å². The van der Waals surface area contributed by atoms with Gasteiger partial charge in [-0.1, -0.05) is 35.3 Å². The molecular weight excluding hydrogens is 300 g/mol. The van der Waals surface area contributed by atoms with Crippen LogP contribution in [0.2, 0.25) is 10.0 Å². The van der Waals surface area contributed by atoms with Crippen molar-refractivity contribution in [3.63, 3.8) is 0 Å². The highest BCUT2D eigenvalue weighted by Crippen LogP contribution is 2.23. The first-order valence-corrected chi connectivity index (χ1v) is 6.59. The normalized spacial score (nSPS) is 10.9. The predicted octanol–water partition coefficient (Wildman–Crippen LogP) is 4.44. The highest BCUT2D eigenvalue weighted by atomic mass is 35.5. The first kappa shape index (κ1) is 13.2. The van der Waals surface area contributed by atoms with E-state index in [0.717, 1.165) is 5.39 Å². The first-order valence-electron chi connectivity index (χ1n) is 5.83. The smallest absolute Gasteiger partial charge is 0.263 e. The molecule has 0 unspecified atom stereocenters. The molecule has 0 aliphatic rings. The van der Waals surface area contributed by atoms with Crippen molar-refractivity contribution in [2.45, 2.75) is 0 Å². The van der Waals surface area contributed by atoms with Crippen molar-refractivity contribution >= 4 is 34.0 Å². The Morgan fingerprint density at radius 3 is 2.60 bits per heavy atom. The van der Waals surface area contributed by atoms with Gasteiger partial charge in [0.1, 0.15) is 11.5 Å². The Labute approximate surface area is 124 Å². The molecule has 0 aliphatic carbocycles. The molecule has 1 aromatic heterocycles. The lowest BCUT2D eigenvalue weighted by molar-refractivity contribution is 0.617. The number of para-hydroxylation sites is 1. The van der Waals surface area contributed by atoms with Gasteiger partial charge in [0.15, 0.2) is 0 Å². The van der Waals surface area contributed by atoms with Crippen LogP contribution in [0.4, 0.5) is 4.39 Å². The largest absolute Gasteiger partial charge is 0.279 e. The maximum Gasteiger partial charge on any atom is 0.263 e. The number of aromatic nitrogens is 1. The minimum Gasteiger partial charge on any atom is -0.279 e. The van der Waals surface area contributed by atoms with Crippen LogP contribution in [0.3, 0.4) is 0 Å². The Morgan fingerprint density at radius 2 is 1.85 bits per heavy atom. The van der Waals surface area contributed by atoms with E-state index in [1.165, 1.54) is 29.0 Å². The van der Waals surface area contributed by atoms with Crippen molar-refractivity contribution in [2.75, 3.05) is 0 Å². The summed E-state index contributed by atoms with van der Waals surface area (Å²) in [6, 6.07) is 11.0. The molecule has 100 valence electrons. The van der Waals surface area contributed by atoms with Crippen LogP contribution >= 0.6 is 23.2 Å². The van der Waals surface area contributed by atoms with Gasteiger partial charge in [-0.2, -0.15) is 0 Å². The number of nitrogens with zero attached hydrogens (tertiary/aromatic N) is 1. The lowest BCUT2D eigenvalue weighted by Crippen LogP contribution is -2.19. The Bertz CT molecular complexity index is 853. The van der Waals surface area contributed by atoms with E-state index in [1.54, 1.807) is 24.3 Å². The molecule has 0 amide bonds. The average molecular weight is 308 g/mol. The van der Waals surface area contributed by atoms with Gasteiger partial charge in [-0.15, -0.1) is 0 Å². The number of halogens is 3. The quantitative estimate of drug-likeness (QED) is 0.651. The predicted molar refractivity (Wildman–Crippen MR) is 79.5 cm³/mol. The van der Waals surface area contributed by atoms with Gasteiger partial charge in [0, 0.05) is 16.6 Å². The van der Waals surface area contributed by atoms with E-state index >= 15 is 0 Å². The number of fused-ring (bicyclic) bond motifs is 1. The molecule has 0 spiro atoms. The summed E-state index contributed by atoms with van der Waals surface area (Å²) in [5, 5.41) is 1.78. The van der Waals surface area contributed by atoms with Crippen LogP contribution in [-0.4, -0.2) is 4.57 Å². The van der Waals surface area contributed by atoms with Crippen LogP contribution in [0.5, 0.6) is 0 Å². The zero-order chi connectivity index (χ0) is 14.3. The molecule has 0 N–H and O–H groups in total. The lowest BCUT2D eigenvalue weighted by Gasteiger charge is -2.10. The van der Waals surface area contributed by atoms with E-state index in [1.807, 2.05) is 0 Å². The Hall–Kier alpha value is -1.84. The SMILES string of the molecule is O=c1c2cc(Cl)ccc2ccn1-c1c(F)cccc1Cl. The molecule has 0 atom stereocenters. The lowest BCUT2D eigenvalue weighted by atomic mass is 10.1. The summed E-state index contributed by atoms with van der Waals surface area (Å²) in [5.41, 5.74) is -0.321. The minimum atomic E-state index is -0.555. The molecule has 2 nitrogen and oxygen atoms in total. The summed E-state index contributed by atoms with van der Waals surface area (Å²) in [6.45, 7) is 0. The molecule has 5 heteroatoms. The van der Waals surface area contributed by atoms with Crippen molar-refractivity contribution in [1.82, 2.24) is 4.57 Å². The van der Waals surface area contributed by atoms with E-state index in [-0.39, 0.29) is 16.3 Å². The van der Waals surface area contributed by atoms with Crippen molar-refractivity contribution in [2.24, 2.45) is 0 Å². The summed E-state index contributed by atoms with van der Waals surface area (Å²) in [5.74, 6) is -0.555. The molecule has 3 rings (SSSR count). The number of rotatable bonds is 1. The van der Waals surface area contributed by atoms with Crippen LogP contribution in [-0.2, 0) is 0 Å². The molecule has 3 aromatic rings. The Balaban J connectivity index is 2.38. The molecule has 0 radical (unpaired) electrons. The average Bonchev–Trinajstić information content (AvgIpc) is 2.41. The topological polar surface area (TPSA) is 22.0 Å². The van der Waals surface area contributed by atoms with Gasteiger partial charge in [0.25, 0.3) is 5.56 Å². The van der Waals surface area contributed by atoms with Crippen LogP contribution in [0, 0.1) is 5.82 Å². The number of benzene rings is 2. The number of hydrogen-bond donors (Lipinski definition) is 0. The van der Waals surface area contributed by atoms with Crippen LogP contribution < -0.4 is 5.56 Å². The van der Waals surface area contributed by atoms with E-state index in [4.69, 9.17) is 23.2 Å². The highest BCUT2D eigenvalue weighted by molar-refractivity contribution is 6.32. The van der Waals surface area contributed by atoms with Gasteiger partial charge in [0.2, 0.25) is 0 Å². The summed E-state index contributed by atoms with van der Waals surface area (Å²) in [7, 11) is 0. The molecule has 1 heterocycles. The van der Waals surface area contributed by atoms with Crippen molar-refractivity contribution in [3.05, 3.63) is 74.9 Å². The third kappa shape index (κ3) is 2.09. The van der Waals surface area contributed by atoms with Gasteiger partial charge in [-0.3, -0.25) is 9.36 Å². The molecule has 20 heavy (non-hydrogen) atoms. The van der Waals surface area contributed by atoms with Gasteiger partial charge < -0.3 is 0 Å². The zero-order valence-corrected chi connectivity index (χ0v) is 11.6. The van der Waals surface area contributed by atoms with E-state index in [9.17, 15) is 9.18 Å². The van der Waals surface area contributed by atoms with Gasteiger partial charge >= 0.3 is 0 Å². The van der Waals surface area contributed by atoms with Crippen LogP contribution in [0.25, 0.3) is 16.5 Å². The monoisotopic (exact) mass is 307 g/mol.